The predicted molar refractivity (Wildman–Crippen MR) is 130 cm³/mol. The van der Waals surface area contributed by atoms with Gasteiger partial charge in [-0.3, -0.25) is 4.79 Å². The van der Waals surface area contributed by atoms with Crippen molar-refractivity contribution in [1.29, 1.82) is 0 Å². The van der Waals surface area contributed by atoms with Crippen molar-refractivity contribution < 1.29 is 33.0 Å². The normalized spacial score (nSPS) is 12.5. The van der Waals surface area contributed by atoms with Gasteiger partial charge < -0.3 is 14.2 Å². The summed E-state index contributed by atoms with van der Waals surface area (Å²) < 4.78 is 30.9. The maximum atomic E-state index is 14.4. The molecule has 2 amide bonds. The lowest BCUT2D eigenvalue weighted by atomic mass is 10.1. The van der Waals surface area contributed by atoms with Crippen molar-refractivity contribution in [2.24, 2.45) is 0 Å². The Hall–Kier alpha value is -3.08. The molecule has 1 unspecified atom stereocenters. The van der Waals surface area contributed by atoms with E-state index in [9.17, 15) is 18.8 Å². The zero-order valence-electron chi connectivity index (χ0n) is 20.9. The highest BCUT2D eigenvalue weighted by atomic mass is 79.9. The quantitative estimate of drug-likeness (QED) is 0.396. The summed E-state index contributed by atoms with van der Waals surface area (Å²) >= 11 is 3.06. The SMILES string of the molecule is Cc1c(OC(C)c2cnc(N(C(=O)OC(C)(C)C)C(=O)OC(C)(C)C)nc2)cc(C=O)c(Br)c1F. The van der Waals surface area contributed by atoms with Crippen LogP contribution in [-0.4, -0.2) is 39.6 Å². The van der Waals surface area contributed by atoms with Crippen molar-refractivity contribution in [2.45, 2.75) is 72.7 Å². The lowest BCUT2D eigenvalue weighted by molar-refractivity contribution is 0.0427. The van der Waals surface area contributed by atoms with Gasteiger partial charge in [0.15, 0.2) is 6.29 Å². The molecule has 1 aromatic heterocycles. The van der Waals surface area contributed by atoms with Gasteiger partial charge in [-0.25, -0.2) is 23.9 Å². The Bertz CT molecular complexity index is 1080. The first-order valence-corrected chi connectivity index (χ1v) is 11.5. The number of ether oxygens (including phenoxy) is 3. The standard InChI is InChI=1S/C24H29BrFN3O6/c1-13-17(9-15(12-30)18(25)19(13)26)33-14(2)16-10-27-20(28-11-16)29(21(31)34-23(3,4)5)22(32)35-24(6,7)8/h9-12,14H,1-8H3. The number of nitrogens with zero attached hydrogens (tertiary/aromatic N) is 3. The molecule has 0 aliphatic rings. The lowest BCUT2D eigenvalue weighted by Gasteiger charge is -2.27. The van der Waals surface area contributed by atoms with E-state index in [0.717, 1.165) is 0 Å². The van der Waals surface area contributed by atoms with Gasteiger partial charge in [0.25, 0.3) is 0 Å². The molecule has 0 aliphatic carbocycles. The smallest absolute Gasteiger partial charge is 0.427 e. The van der Waals surface area contributed by atoms with Gasteiger partial charge in [-0.1, -0.05) is 0 Å². The number of aromatic nitrogens is 2. The summed E-state index contributed by atoms with van der Waals surface area (Å²) in [5.41, 5.74) is -0.965. The number of benzene rings is 1. The number of hydrogen-bond acceptors (Lipinski definition) is 8. The van der Waals surface area contributed by atoms with Crippen LogP contribution in [0.1, 0.15) is 76.1 Å². The highest BCUT2D eigenvalue weighted by Crippen LogP contribution is 2.33. The van der Waals surface area contributed by atoms with E-state index in [1.54, 1.807) is 48.5 Å². The van der Waals surface area contributed by atoms with Crippen molar-refractivity contribution >= 4 is 40.4 Å². The molecular formula is C24H29BrFN3O6. The molecule has 0 spiro atoms. The Labute approximate surface area is 212 Å². The zero-order chi connectivity index (χ0) is 26.7. The number of imide groups is 1. The second kappa shape index (κ2) is 10.7. The van der Waals surface area contributed by atoms with Crippen molar-refractivity contribution in [2.75, 3.05) is 4.90 Å². The molecule has 1 aromatic carbocycles. The molecule has 1 atom stereocenters. The highest BCUT2D eigenvalue weighted by molar-refractivity contribution is 9.10. The van der Waals surface area contributed by atoms with E-state index in [1.165, 1.54) is 25.4 Å². The van der Waals surface area contributed by atoms with Crippen LogP contribution in [0.4, 0.5) is 19.9 Å². The number of rotatable bonds is 5. The van der Waals surface area contributed by atoms with E-state index in [0.29, 0.717) is 16.7 Å². The number of aldehydes is 1. The molecule has 11 heteroatoms. The summed E-state index contributed by atoms with van der Waals surface area (Å²) in [6.45, 7) is 13.1. The molecule has 0 bridgehead atoms. The van der Waals surface area contributed by atoms with Gasteiger partial charge in [-0.2, -0.15) is 0 Å². The summed E-state index contributed by atoms with van der Waals surface area (Å²) in [5.74, 6) is -0.680. The first-order chi connectivity index (χ1) is 16.0. The molecule has 0 fully saturated rings. The van der Waals surface area contributed by atoms with Gasteiger partial charge in [0.2, 0.25) is 5.95 Å². The Morgan fingerprint density at radius 1 is 1.06 bits per heavy atom. The van der Waals surface area contributed by atoms with E-state index in [4.69, 9.17) is 14.2 Å². The summed E-state index contributed by atoms with van der Waals surface area (Å²) in [6.07, 6.45) is 0.598. The fourth-order valence-electron chi connectivity index (χ4n) is 2.69. The van der Waals surface area contributed by atoms with E-state index in [1.807, 2.05) is 0 Å². The van der Waals surface area contributed by atoms with Gasteiger partial charge in [0, 0.05) is 29.1 Å². The Morgan fingerprint density at radius 3 is 1.97 bits per heavy atom. The Balaban J connectivity index is 2.34. The van der Waals surface area contributed by atoms with Crippen LogP contribution in [0.15, 0.2) is 22.9 Å². The maximum Gasteiger partial charge on any atom is 0.427 e. The minimum absolute atomic E-state index is 0.0575. The van der Waals surface area contributed by atoms with Crippen LogP contribution >= 0.6 is 15.9 Å². The van der Waals surface area contributed by atoms with Gasteiger partial charge in [0.1, 0.15) is 28.9 Å². The second-order valence-corrected chi connectivity index (χ2v) is 10.5. The fourth-order valence-corrected chi connectivity index (χ4v) is 3.19. The van der Waals surface area contributed by atoms with Crippen LogP contribution in [0.3, 0.4) is 0 Å². The van der Waals surface area contributed by atoms with Crippen molar-refractivity contribution in [3.63, 3.8) is 0 Å². The summed E-state index contributed by atoms with van der Waals surface area (Å²) in [4.78, 5) is 45.6. The van der Waals surface area contributed by atoms with Crippen LogP contribution in [0.5, 0.6) is 5.75 Å². The first kappa shape index (κ1) is 28.2. The van der Waals surface area contributed by atoms with Crippen LogP contribution in [0.2, 0.25) is 0 Å². The topological polar surface area (TPSA) is 108 Å². The second-order valence-electron chi connectivity index (χ2n) is 9.71. The third-order valence-corrected chi connectivity index (χ3v) is 5.15. The molecule has 1 heterocycles. The third-order valence-electron chi connectivity index (χ3n) is 4.34. The van der Waals surface area contributed by atoms with Crippen LogP contribution < -0.4 is 9.64 Å². The maximum absolute atomic E-state index is 14.4. The van der Waals surface area contributed by atoms with Gasteiger partial charge in [0.05, 0.1) is 4.47 Å². The average Bonchev–Trinajstić information content (AvgIpc) is 2.72. The minimum atomic E-state index is -0.994. The Kier molecular flexibility index (Phi) is 8.59. The molecule has 0 radical (unpaired) electrons. The lowest BCUT2D eigenvalue weighted by Crippen LogP contribution is -2.44. The van der Waals surface area contributed by atoms with Gasteiger partial charge in [-0.15, -0.1) is 4.90 Å². The molecule has 2 aromatic rings. The van der Waals surface area contributed by atoms with E-state index in [-0.39, 0.29) is 27.3 Å². The van der Waals surface area contributed by atoms with Crippen LogP contribution in [0.25, 0.3) is 0 Å². The minimum Gasteiger partial charge on any atom is -0.486 e. The first-order valence-electron chi connectivity index (χ1n) is 10.7. The molecule has 190 valence electrons. The molecule has 2 rings (SSSR count). The van der Waals surface area contributed by atoms with Crippen molar-refractivity contribution in [1.82, 2.24) is 9.97 Å². The summed E-state index contributed by atoms with van der Waals surface area (Å²) in [6, 6.07) is 1.42. The number of hydrogen-bond donors (Lipinski definition) is 0. The monoisotopic (exact) mass is 553 g/mol. The molecule has 0 N–H and O–H groups in total. The van der Waals surface area contributed by atoms with Gasteiger partial charge in [-0.05, 0) is 77.4 Å². The van der Waals surface area contributed by atoms with E-state index < -0.39 is 35.3 Å². The fraction of sp³-hybridized carbons (Fsp3) is 0.458. The number of carbonyl (C=O) groups excluding carboxylic acids is 3. The van der Waals surface area contributed by atoms with Crippen molar-refractivity contribution in [3.05, 3.63) is 45.4 Å². The third kappa shape index (κ3) is 7.45. The predicted octanol–water partition coefficient (Wildman–Crippen LogP) is 6.32. The molecular weight excluding hydrogens is 525 g/mol. The zero-order valence-corrected chi connectivity index (χ0v) is 22.5. The number of carbonyl (C=O) groups is 3. The van der Waals surface area contributed by atoms with E-state index in [2.05, 4.69) is 25.9 Å². The van der Waals surface area contributed by atoms with Gasteiger partial charge >= 0.3 is 12.2 Å². The number of anilines is 1. The average molecular weight is 554 g/mol. The van der Waals surface area contributed by atoms with Crippen molar-refractivity contribution in [3.8, 4) is 5.75 Å². The molecule has 0 saturated heterocycles. The number of halogens is 2. The number of amides is 2. The van der Waals surface area contributed by atoms with E-state index >= 15 is 0 Å². The highest BCUT2D eigenvalue weighted by Gasteiger charge is 2.34. The molecule has 0 aliphatic heterocycles. The Morgan fingerprint density at radius 2 is 1.54 bits per heavy atom. The summed E-state index contributed by atoms with van der Waals surface area (Å²) in [5, 5.41) is 0. The van der Waals surface area contributed by atoms with Crippen LogP contribution in [-0.2, 0) is 9.47 Å². The summed E-state index contributed by atoms with van der Waals surface area (Å²) in [7, 11) is 0. The molecule has 9 nitrogen and oxygen atoms in total. The molecule has 35 heavy (non-hydrogen) atoms. The van der Waals surface area contributed by atoms with Crippen LogP contribution in [0, 0.1) is 12.7 Å². The molecule has 0 saturated carbocycles. The largest absolute Gasteiger partial charge is 0.486 e.